The first-order valence-electron chi connectivity index (χ1n) is 7.16. The third-order valence-corrected chi connectivity index (χ3v) is 5.28. The first-order valence-corrected chi connectivity index (χ1v) is 7.97. The number of hydrogen-bond acceptors (Lipinski definition) is 3. The van der Waals surface area contributed by atoms with Crippen molar-refractivity contribution in [3.8, 4) is 0 Å². The van der Waals surface area contributed by atoms with E-state index in [0.29, 0.717) is 10.6 Å². The second kappa shape index (κ2) is 5.25. The first kappa shape index (κ1) is 14.8. The second-order valence-electron chi connectivity index (χ2n) is 6.11. The lowest BCUT2D eigenvalue weighted by Crippen LogP contribution is -2.18. The highest BCUT2D eigenvalue weighted by Crippen LogP contribution is 2.48. The van der Waals surface area contributed by atoms with Gasteiger partial charge < -0.3 is 10.4 Å². The van der Waals surface area contributed by atoms with Crippen molar-refractivity contribution >= 4 is 28.2 Å². The van der Waals surface area contributed by atoms with Crippen LogP contribution in [-0.4, -0.2) is 17.0 Å². The molecule has 1 aromatic heterocycles. The molecule has 4 nitrogen and oxygen atoms in total. The number of amides is 1. The standard InChI is InChI=1S/C17H17NO3S/c1-17(2)9-8-11-13(17)12(16(20)21)15(22-11)18-14(19)10-6-4-3-5-7-10/h3-7H,8-9H2,1-2H3,(H,18,19)(H,20,21). The Labute approximate surface area is 132 Å². The number of carboxylic acids is 1. The molecule has 1 aliphatic rings. The number of thiophene rings is 1. The highest BCUT2D eigenvalue weighted by atomic mass is 32.1. The summed E-state index contributed by atoms with van der Waals surface area (Å²) in [6.07, 6.45) is 1.82. The molecule has 3 rings (SSSR count). The fraction of sp³-hybridized carbons (Fsp3) is 0.294. The zero-order valence-corrected chi connectivity index (χ0v) is 13.3. The van der Waals surface area contributed by atoms with Crippen molar-refractivity contribution < 1.29 is 14.7 Å². The molecule has 0 spiro atoms. The van der Waals surface area contributed by atoms with Crippen LogP contribution in [0.15, 0.2) is 30.3 Å². The molecule has 0 fully saturated rings. The van der Waals surface area contributed by atoms with Crippen LogP contribution in [0, 0.1) is 0 Å². The maximum atomic E-state index is 12.3. The smallest absolute Gasteiger partial charge is 0.339 e. The van der Waals surface area contributed by atoms with Gasteiger partial charge in [-0.1, -0.05) is 32.0 Å². The van der Waals surface area contributed by atoms with Gasteiger partial charge in [-0.3, -0.25) is 4.79 Å². The van der Waals surface area contributed by atoms with E-state index in [1.807, 2.05) is 6.07 Å². The Morgan fingerprint density at radius 3 is 2.55 bits per heavy atom. The Morgan fingerprint density at radius 2 is 1.91 bits per heavy atom. The van der Waals surface area contributed by atoms with Gasteiger partial charge in [-0.25, -0.2) is 4.79 Å². The van der Waals surface area contributed by atoms with E-state index in [2.05, 4.69) is 19.2 Å². The maximum Gasteiger partial charge on any atom is 0.339 e. The van der Waals surface area contributed by atoms with Crippen LogP contribution in [0.4, 0.5) is 5.00 Å². The Kier molecular flexibility index (Phi) is 3.53. The molecule has 1 aromatic carbocycles. The van der Waals surface area contributed by atoms with Crippen LogP contribution in [0.5, 0.6) is 0 Å². The van der Waals surface area contributed by atoms with Crippen LogP contribution in [-0.2, 0) is 11.8 Å². The lowest BCUT2D eigenvalue weighted by Gasteiger charge is -2.19. The summed E-state index contributed by atoms with van der Waals surface area (Å²) in [7, 11) is 0. The van der Waals surface area contributed by atoms with Gasteiger partial charge in [0.1, 0.15) is 5.00 Å². The Morgan fingerprint density at radius 1 is 1.23 bits per heavy atom. The van der Waals surface area contributed by atoms with E-state index >= 15 is 0 Å². The Hall–Kier alpha value is -2.14. The van der Waals surface area contributed by atoms with Gasteiger partial charge in [0.2, 0.25) is 0 Å². The van der Waals surface area contributed by atoms with Gasteiger partial charge in [-0.15, -0.1) is 11.3 Å². The number of carboxylic acid groups (broad SMARTS) is 1. The van der Waals surface area contributed by atoms with E-state index in [-0.39, 0.29) is 16.9 Å². The molecule has 1 aliphatic carbocycles. The zero-order valence-electron chi connectivity index (χ0n) is 12.5. The lowest BCUT2D eigenvalue weighted by molar-refractivity contribution is 0.0696. The lowest BCUT2D eigenvalue weighted by atomic mass is 9.85. The molecule has 0 saturated heterocycles. The van der Waals surface area contributed by atoms with E-state index in [4.69, 9.17) is 0 Å². The molecular formula is C17H17NO3S. The molecule has 2 aromatic rings. The molecule has 22 heavy (non-hydrogen) atoms. The number of aromatic carboxylic acids is 1. The third kappa shape index (κ3) is 2.41. The van der Waals surface area contributed by atoms with Gasteiger partial charge in [0.05, 0.1) is 5.56 Å². The van der Waals surface area contributed by atoms with Crippen LogP contribution in [0.2, 0.25) is 0 Å². The number of rotatable bonds is 3. The Bertz CT molecular complexity index is 747. The largest absolute Gasteiger partial charge is 0.478 e. The van der Waals surface area contributed by atoms with Crippen molar-refractivity contribution in [2.24, 2.45) is 0 Å². The van der Waals surface area contributed by atoms with Crippen LogP contribution in [0.25, 0.3) is 0 Å². The van der Waals surface area contributed by atoms with Gasteiger partial charge in [-0.05, 0) is 36.0 Å². The summed E-state index contributed by atoms with van der Waals surface area (Å²) in [5.41, 5.74) is 1.50. The van der Waals surface area contributed by atoms with Crippen molar-refractivity contribution in [2.45, 2.75) is 32.1 Å². The molecule has 0 bridgehead atoms. The van der Waals surface area contributed by atoms with Crippen LogP contribution in [0.3, 0.4) is 0 Å². The van der Waals surface area contributed by atoms with Gasteiger partial charge in [0, 0.05) is 10.4 Å². The van der Waals surface area contributed by atoms with E-state index < -0.39 is 5.97 Å². The number of anilines is 1. The minimum absolute atomic E-state index is 0.157. The third-order valence-electron chi connectivity index (χ3n) is 4.11. The second-order valence-corrected chi connectivity index (χ2v) is 7.22. The molecule has 0 unspecified atom stereocenters. The maximum absolute atomic E-state index is 12.3. The van der Waals surface area contributed by atoms with Gasteiger partial charge >= 0.3 is 5.97 Å². The summed E-state index contributed by atoms with van der Waals surface area (Å²) >= 11 is 1.39. The minimum Gasteiger partial charge on any atom is -0.478 e. The first-order chi connectivity index (χ1) is 10.4. The normalized spacial score (nSPS) is 15.4. The zero-order chi connectivity index (χ0) is 15.9. The van der Waals surface area contributed by atoms with Crippen molar-refractivity contribution in [3.05, 3.63) is 51.9 Å². The fourth-order valence-corrected chi connectivity index (χ4v) is 4.34. The summed E-state index contributed by atoms with van der Waals surface area (Å²) in [4.78, 5) is 25.1. The van der Waals surface area contributed by atoms with Gasteiger partial charge in [0.15, 0.2) is 0 Å². The molecule has 0 saturated carbocycles. The van der Waals surface area contributed by atoms with Crippen LogP contribution >= 0.6 is 11.3 Å². The molecule has 5 heteroatoms. The summed E-state index contributed by atoms with van der Waals surface area (Å²) in [5, 5.41) is 12.8. The Balaban J connectivity index is 1.99. The van der Waals surface area contributed by atoms with E-state index in [1.165, 1.54) is 11.3 Å². The summed E-state index contributed by atoms with van der Waals surface area (Å²) < 4.78 is 0. The molecule has 2 N–H and O–H groups in total. The molecule has 0 radical (unpaired) electrons. The highest BCUT2D eigenvalue weighted by molar-refractivity contribution is 7.17. The van der Waals surface area contributed by atoms with E-state index in [0.717, 1.165) is 23.3 Å². The molecular weight excluding hydrogens is 298 g/mol. The topological polar surface area (TPSA) is 66.4 Å². The monoisotopic (exact) mass is 315 g/mol. The number of carbonyl (C=O) groups is 2. The van der Waals surface area contributed by atoms with Crippen molar-refractivity contribution in [3.63, 3.8) is 0 Å². The summed E-state index contributed by atoms with van der Waals surface area (Å²) in [5.74, 6) is -1.25. The van der Waals surface area contributed by atoms with Crippen LogP contribution in [0.1, 0.15) is 51.4 Å². The average Bonchev–Trinajstić information content (AvgIpc) is 2.98. The summed E-state index contributed by atoms with van der Waals surface area (Å²) in [6, 6.07) is 8.82. The van der Waals surface area contributed by atoms with E-state index in [1.54, 1.807) is 24.3 Å². The summed E-state index contributed by atoms with van der Waals surface area (Å²) in [6.45, 7) is 4.11. The number of aryl methyl sites for hydroxylation is 1. The SMILES string of the molecule is CC1(C)CCc2sc(NC(=O)c3ccccc3)c(C(=O)O)c21. The number of nitrogens with one attached hydrogen (secondary N) is 1. The average molecular weight is 315 g/mol. The van der Waals surface area contributed by atoms with Crippen molar-refractivity contribution in [2.75, 3.05) is 5.32 Å². The minimum atomic E-state index is -0.976. The van der Waals surface area contributed by atoms with Crippen molar-refractivity contribution in [1.29, 1.82) is 0 Å². The number of hydrogen-bond donors (Lipinski definition) is 2. The molecule has 0 atom stereocenters. The van der Waals surface area contributed by atoms with Crippen molar-refractivity contribution in [1.82, 2.24) is 0 Å². The molecule has 1 amide bonds. The predicted molar refractivity (Wildman–Crippen MR) is 87.0 cm³/mol. The van der Waals surface area contributed by atoms with Crippen LogP contribution < -0.4 is 5.32 Å². The fourth-order valence-electron chi connectivity index (χ4n) is 2.98. The molecule has 0 aliphatic heterocycles. The number of fused-ring (bicyclic) bond motifs is 1. The number of carbonyl (C=O) groups excluding carboxylic acids is 1. The van der Waals surface area contributed by atoms with Gasteiger partial charge in [-0.2, -0.15) is 0 Å². The molecule has 114 valence electrons. The quantitative estimate of drug-likeness (QED) is 0.902. The predicted octanol–water partition coefficient (Wildman–Crippen LogP) is 3.92. The molecule has 1 heterocycles. The highest BCUT2D eigenvalue weighted by Gasteiger charge is 2.38. The number of benzene rings is 1. The van der Waals surface area contributed by atoms with E-state index in [9.17, 15) is 14.7 Å². The van der Waals surface area contributed by atoms with Gasteiger partial charge in [0.25, 0.3) is 5.91 Å².